The van der Waals surface area contributed by atoms with Gasteiger partial charge in [-0.3, -0.25) is 0 Å². The maximum atomic E-state index is 4.10. The molecule has 3 heteroatoms. The lowest BCUT2D eigenvalue weighted by atomic mass is 9.84. The van der Waals surface area contributed by atoms with Gasteiger partial charge < -0.3 is 15.5 Å². The van der Waals surface area contributed by atoms with Crippen LogP contribution in [0.1, 0.15) is 63.5 Å². The van der Waals surface area contributed by atoms with Crippen molar-refractivity contribution < 1.29 is 0 Å². The molecule has 0 radical (unpaired) electrons. The lowest BCUT2D eigenvalue weighted by molar-refractivity contribution is 0.290. The normalized spacial score (nSPS) is 19.9. The summed E-state index contributed by atoms with van der Waals surface area (Å²) in [6.45, 7) is 15.2. The third-order valence-electron chi connectivity index (χ3n) is 6.18. The number of benzene rings is 1. The van der Waals surface area contributed by atoms with E-state index in [1.54, 1.807) is 0 Å². The van der Waals surface area contributed by atoms with Crippen molar-refractivity contribution in [3.63, 3.8) is 0 Å². The van der Waals surface area contributed by atoms with E-state index in [0.29, 0.717) is 6.04 Å². The summed E-state index contributed by atoms with van der Waals surface area (Å²) in [6.07, 6.45) is 7.61. The minimum absolute atomic E-state index is 0.650. The number of rotatable bonds is 9. The van der Waals surface area contributed by atoms with Crippen LogP contribution in [0.3, 0.4) is 0 Å². The Kier molecular flexibility index (Phi) is 7.86. The van der Waals surface area contributed by atoms with Crippen LogP contribution in [0.2, 0.25) is 0 Å². The molecule has 1 saturated carbocycles. The summed E-state index contributed by atoms with van der Waals surface area (Å²) >= 11 is 0. The predicted molar refractivity (Wildman–Crippen MR) is 116 cm³/mol. The van der Waals surface area contributed by atoms with E-state index >= 15 is 0 Å². The SMILES string of the molecule is C=C(CC)NC1CCC(CCN(CC)c2ccc(C)c(C)c2NC)CC1. The molecule has 0 spiro atoms. The average molecular weight is 358 g/mol. The highest BCUT2D eigenvalue weighted by Crippen LogP contribution is 2.33. The second-order valence-electron chi connectivity index (χ2n) is 7.84. The third kappa shape index (κ3) is 5.18. The second kappa shape index (κ2) is 9.89. The highest BCUT2D eigenvalue weighted by atomic mass is 15.1. The lowest BCUT2D eigenvalue weighted by Crippen LogP contribution is -2.33. The molecule has 1 fully saturated rings. The van der Waals surface area contributed by atoms with Crippen molar-refractivity contribution >= 4 is 11.4 Å². The van der Waals surface area contributed by atoms with Crippen molar-refractivity contribution in [3.8, 4) is 0 Å². The summed E-state index contributed by atoms with van der Waals surface area (Å²) in [4.78, 5) is 2.54. The van der Waals surface area contributed by atoms with Crippen molar-refractivity contribution in [3.05, 3.63) is 35.5 Å². The number of nitrogens with zero attached hydrogens (tertiary/aromatic N) is 1. The standard InChI is InChI=1S/C23H39N3/c1-7-18(4)25-21-12-10-20(11-13-21)15-16-26(8-2)22-14-9-17(3)19(5)23(22)24-6/h9,14,20-21,24-25H,4,7-8,10-13,15-16H2,1-3,5-6H3. The Morgan fingerprint density at radius 2 is 1.85 bits per heavy atom. The number of nitrogens with one attached hydrogen (secondary N) is 2. The summed E-state index contributed by atoms with van der Waals surface area (Å²) in [5.41, 5.74) is 6.56. The molecular formula is C23H39N3. The summed E-state index contributed by atoms with van der Waals surface area (Å²) in [5.74, 6) is 0.863. The summed E-state index contributed by atoms with van der Waals surface area (Å²) < 4.78 is 0. The van der Waals surface area contributed by atoms with Crippen LogP contribution in [0, 0.1) is 19.8 Å². The second-order valence-corrected chi connectivity index (χ2v) is 7.84. The fraction of sp³-hybridized carbons (Fsp3) is 0.652. The minimum Gasteiger partial charge on any atom is -0.386 e. The van der Waals surface area contributed by atoms with Gasteiger partial charge in [0.25, 0.3) is 0 Å². The summed E-state index contributed by atoms with van der Waals surface area (Å²) in [5, 5.41) is 7.03. The smallest absolute Gasteiger partial charge is 0.0607 e. The van der Waals surface area contributed by atoms with E-state index < -0.39 is 0 Å². The molecule has 2 N–H and O–H groups in total. The first-order valence-corrected chi connectivity index (χ1v) is 10.5. The molecule has 0 amide bonds. The van der Waals surface area contributed by atoms with Gasteiger partial charge in [0.15, 0.2) is 0 Å². The highest BCUT2D eigenvalue weighted by molar-refractivity contribution is 5.74. The quantitative estimate of drug-likeness (QED) is 0.599. The number of allylic oxidation sites excluding steroid dienone is 1. The van der Waals surface area contributed by atoms with Gasteiger partial charge in [-0.15, -0.1) is 0 Å². The molecule has 1 aliphatic rings. The van der Waals surface area contributed by atoms with Gasteiger partial charge in [-0.05, 0) is 82.4 Å². The van der Waals surface area contributed by atoms with E-state index in [1.165, 1.54) is 60.3 Å². The Morgan fingerprint density at radius 3 is 2.42 bits per heavy atom. The van der Waals surface area contributed by atoms with Crippen LogP contribution < -0.4 is 15.5 Å². The fourth-order valence-corrected chi connectivity index (χ4v) is 4.15. The third-order valence-corrected chi connectivity index (χ3v) is 6.18. The lowest BCUT2D eigenvalue weighted by Gasteiger charge is -2.33. The minimum atomic E-state index is 0.650. The maximum Gasteiger partial charge on any atom is 0.0607 e. The Bertz CT molecular complexity index is 585. The summed E-state index contributed by atoms with van der Waals surface area (Å²) in [6, 6.07) is 5.19. The van der Waals surface area contributed by atoms with Crippen LogP contribution in [0.25, 0.3) is 0 Å². The first-order valence-electron chi connectivity index (χ1n) is 10.5. The Morgan fingerprint density at radius 1 is 1.15 bits per heavy atom. The molecule has 0 bridgehead atoms. The molecule has 0 aliphatic heterocycles. The zero-order valence-corrected chi connectivity index (χ0v) is 17.6. The Labute approximate surface area is 161 Å². The Hall–Kier alpha value is -1.64. The molecule has 1 aromatic carbocycles. The van der Waals surface area contributed by atoms with Gasteiger partial charge in [0.1, 0.15) is 0 Å². The average Bonchev–Trinajstić information content (AvgIpc) is 2.66. The first-order chi connectivity index (χ1) is 12.5. The van der Waals surface area contributed by atoms with E-state index in [9.17, 15) is 0 Å². The van der Waals surface area contributed by atoms with Crippen molar-refractivity contribution in [2.75, 3.05) is 30.4 Å². The van der Waals surface area contributed by atoms with Gasteiger partial charge in [-0.2, -0.15) is 0 Å². The zero-order valence-electron chi connectivity index (χ0n) is 17.6. The molecule has 0 unspecified atom stereocenters. The molecule has 2 rings (SSSR count). The predicted octanol–water partition coefficient (Wildman–Crippen LogP) is 5.63. The molecule has 146 valence electrons. The van der Waals surface area contributed by atoms with Crippen LogP contribution in [0.4, 0.5) is 11.4 Å². The molecule has 26 heavy (non-hydrogen) atoms. The molecular weight excluding hydrogens is 318 g/mol. The topological polar surface area (TPSA) is 27.3 Å². The molecule has 0 atom stereocenters. The van der Waals surface area contributed by atoms with Crippen molar-refractivity contribution in [2.24, 2.45) is 5.92 Å². The van der Waals surface area contributed by atoms with Crippen molar-refractivity contribution in [1.29, 1.82) is 0 Å². The molecule has 0 aromatic heterocycles. The van der Waals surface area contributed by atoms with Crippen LogP contribution in [-0.4, -0.2) is 26.2 Å². The van der Waals surface area contributed by atoms with Crippen LogP contribution in [0.15, 0.2) is 24.4 Å². The van der Waals surface area contributed by atoms with Crippen LogP contribution in [0.5, 0.6) is 0 Å². The first kappa shape index (κ1) is 20.7. The Balaban J connectivity index is 1.90. The van der Waals surface area contributed by atoms with E-state index in [2.05, 4.69) is 61.9 Å². The van der Waals surface area contributed by atoms with Crippen LogP contribution >= 0.6 is 0 Å². The van der Waals surface area contributed by atoms with E-state index in [4.69, 9.17) is 0 Å². The number of hydrogen-bond donors (Lipinski definition) is 2. The van der Waals surface area contributed by atoms with E-state index in [1.807, 2.05) is 7.05 Å². The number of aryl methyl sites for hydroxylation is 1. The molecule has 3 nitrogen and oxygen atoms in total. The number of anilines is 2. The van der Waals surface area contributed by atoms with Gasteiger partial charge >= 0.3 is 0 Å². The fourth-order valence-electron chi connectivity index (χ4n) is 4.15. The van der Waals surface area contributed by atoms with E-state index in [-0.39, 0.29) is 0 Å². The molecule has 0 saturated heterocycles. The van der Waals surface area contributed by atoms with Gasteiger partial charge in [0.2, 0.25) is 0 Å². The van der Waals surface area contributed by atoms with Gasteiger partial charge in [0.05, 0.1) is 11.4 Å². The highest BCUT2D eigenvalue weighted by Gasteiger charge is 2.22. The van der Waals surface area contributed by atoms with Gasteiger partial charge in [-0.1, -0.05) is 19.6 Å². The maximum absolute atomic E-state index is 4.10. The largest absolute Gasteiger partial charge is 0.386 e. The summed E-state index contributed by atoms with van der Waals surface area (Å²) in [7, 11) is 2.04. The zero-order chi connectivity index (χ0) is 19.1. The van der Waals surface area contributed by atoms with Gasteiger partial charge in [0, 0.05) is 31.9 Å². The van der Waals surface area contributed by atoms with Crippen molar-refractivity contribution in [2.45, 2.75) is 72.3 Å². The van der Waals surface area contributed by atoms with Crippen LogP contribution in [-0.2, 0) is 0 Å². The molecule has 1 aliphatic carbocycles. The van der Waals surface area contributed by atoms with Crippen molar-refractivity contribution in [1.82, 2.24) is 5.32 Å². The molecule has 0 heterocycles. The van der Waals surface area contributed by atoms with E-state index in [0.717, 1.165) is 25.4 Å². The number of hydrogen-bond acceptors (Lipinski definition) is 3. The monoisotopic (exact) mass is 357 g/mol. The van der Waals surface area contributed by atoms with Gasteiger partial charge in [-0.25, -0.2) is 0 Å². The molecule has 1 aromatic rings.